The molecule has 8 heteroatoms. The maximum atomic E-state index is 12.0. The van der Waals surface area contributed by atoms with Crippen molar-refractivity contribution in [2.75, 3.05) is 19.3 Å². The number of aromatic nitrogens is 2. The van der Waals surface area contributed by atoms with E-state index in [1.807, 2.05) is 0 Å². The fourth-order valence-corrected chi connectivity index (χ4v) is 2.61. The lowest BCUT2D eigenvalue weighted by atomic mass is 10.0. The third kappa shape index (κ3) is 3.20. The summed E-state index contributed by atoms with van der Waals surface area (Å²) in [6.45, 7) is 0.458. The highest BCUT2D eigenvalue weighted by atomic mass is 16.3. The van der Waals surface area contributed by atoms with Crippen LogP contribution in [-0.4, -0.2) is 51.0 Å². The van der Waals surface area contributed by atoms with E-state index in [0.29, 0.717) is 17.7 Å². The molecular weight excluding hydrogens is 334 g/mol. The predicted molar refractivity (Wildman–Crippen MR) is 94.5 cm³/mol. The molecular formula is C18H17N5O3. The molecule has 0 radical (unpaired) electrons. The summed E-state index contributed by atoms with van der Waals surface area (Å²) in [6, 6.07) is 6.89. The third-order valence-electron chi connectivity index (χ3n) is 4.09. The van der Waals surface area contributed by atoms with E-state index in [4.69, 9.17) is 11.5 Å². The van der Waals surface area contributed by atoms with Crippen LogP contribution < -0.4 is 11.5 Å². The van der Waals surface area contributed by atoms with E-state index in [9.17, 15) is 14.7 Å². The van der Waals surface area contributed by atoms with Gasteiger partial charge >= 0.3 is 0 Å². The molecule has 8 nitrogen and oxygen atoms in total. The zero-order chi connectivity index (χ0) is 18.9. The lowest BCUT2D eigenvalue weighted by molar-refractivity contribution is -0.137. The van der Waals surface area contributed by atoms with Crippen LogP contribution in [0.4, 0.5) is 5.69 Å². The molecule has 132 valence electrons. The molecule has 1 aromatic heterocycles. The monoisotopic (exact) mass is 351 g/mol. The highest BCUT2D eigenvalue weighted by Gasteiger charge is 2.42. The number of nitrogen functional groups attached to an aromatic ring is 1. The van der Waals surface area contributed by atoms with Crippen molar-refractivity contribution < 1.29 is 14.7 Å². The van der Waals surface area contributed by atoms with Crippen LogP contribution in [0.25, 0.3) is 11.4 Å². The SMILES string of the molecule is CN1CCC(O)(C#Cc2cccc(-c3ncc(N)c(C(N)=O)n3)c2)C1=O. The Morgan fingerprint density at radius 3 is 2.85 bits per heavy atom. The maximum Gasteiger partial charge on any atom is 0.269 e. The Kier molecular flexibility index (Phi) is 4.32. The van der Waals surface area contributed by atoms with Crippen LogP contribution in [0.5, 0.6) is 0 Å². The number of hydrogen-bond acceptors (Lipinski definition) is 6. The molecule has 1 unspecified atom stereocenters. The fourth-order valence-electron chi connectivity index (χ4n) is 2.61. The molecule has 1 aliphatic heterocycles. The van der Waals surface area contributed by atoms with Gasteiger partial charge in [-0.1, -0.05) is 24.0 Å². The molecule has 2 amide bonds. The van der Waals surface area contributed by atoms with E-state index in [-0.39, 0.29) is 23.6 Å². The van der Waals surface area contributed by atoms with Crippen LogP contribution in [0.15, 0.2) is 30.5 Å². The molecule has 1 saturated heterocycles. The van der Waals surface area contributed by atoms with E-state index in [1.165, 1.54) is 11.1 Å². The smallest absolute Gasteiger partial charge is 0.269 e. The topological polar surface area (TPSA) is 135 Å². The van der Waals surface area contributed by atoms with Gasteiger partial charge in [0.15, 0.2) is 11.5 Å². The van der Waals surface area contributed by atoms with E-state index in [1.54, 1.807) is 31.3 Å². The Labute approximate surface area is 149 Å². The quantitative estimate of drug-likeness (QED) is 0.640. The molecule has 5 N–H and O–H groups in total. The van der Waals surface area contributed by atoms with Gasteiger partial charge in [-0.15, -0.1) is 0 Å². The van der Waals surface area contributed by atoms with Crippen LogP contribution in [0.2, 0.25) is 0 Å². The number of likely N-dealkylation sites (tertiary alicyclic amines) is 1. The molecule has 1 fully saturated rings. The van der Waals surface area contributed by atoms with E-state index in [2.05, 4.69) is 21.8 Å². The highest BCUT2D eigenvalue weighted by Crippen LogP contribution is 2.22. The van der Waals surface area contributed by atoms with Gasteiger partial charge < -0.3 is 21.5 Å². The largest absolute Gasteiger partial charge is 0.396 e. The van der Waals surface area contributed by atoms with Gasteiger partial charge in [0.25, 0.3) is 11.8 Å². The second-order valence-electron chi connectivity index (χ2n) is 6.03. The molecule has 0 aliphatic carbocycles. The van der Waals surface area contributed by atoms with Gasteiger partial charge in [0.2, 0.25) is 5.60 Å². The van der Waals surface area contributed by atoms with Crippen molar-refractivity contribution in [1.82, 2.24) is 14.9 Å². The predicted octanol–water partition coefficient (Wildman–Crippen LogP) is -0.231. The van der Waals surface area contributed by atoms with Gasteiger partial charge in [-0.05, 0) is 12.1 Å². The molecule has 1 atom stereocenters. The van der Waals surface area contributed by atoms with Crippen LogP contribution in [-0.2, 0) is 4.79 Å². The summed E-state index contributed by atoms with van der Waals surface area (Å²) < 4.78 is 0. The minimum absolute atomic E-state index is 0.0552. The van der Waals surface area contributed by atoms with Crippen LogP contribution in [0, 0.1) is 11.8 Å². The van der Waals surface area contributed by atoms with Gasteiger partial charge in [-0.25, -0.2) is 9.97 Å². The normalized spacial score (nSPS) is 19.2. The number of benzene rings is 1. The Hall–Kier alpha value is -3.44. The van der Waals surface area contributed by atoms with E-state index < -0.39 is 17.4 Å². The number of amides is 2. The van der Waals surface area contributed by atoms with Gasteiger partial charge in [-0.2, -0.15) is 0 Å². The van der Waals surface area contributed by atoms with Crippen molar-refractivity contribution >= 4 is 17.5 Å². The molecule has 2 heterocycles. The fraction of sp³-hybridized carbons (Fsp3) is 0.222. The summed E-state index contributed by atoms with van der Waals surface area (Å²) >= 11 is 0. The van der Waals surface area contributed by atoms with Gasteiger partial charge in [-0.3, -0.25) is 9.59 Å². The molecule has 1 aromatic carbocycles. The van der Waals surface area contributed by atoms with Crippen LogP contribution >= 0.6 is 0 Å². The lowest BCUT2D eigenvalue weighted by Crippen LogP contribution is -2.37. The zero-order valence-corrected chi connectivity index (χ0v) is 14.1. The Balaban J connectivity index is 1.93. The van der Waals surface area contributed by atoms with Crippen molar-refractivity contribution in [3.05, 3.63) is 41.7 Å². The highest BCUT2D eigenvalue weighted by molar-refractivity contribution is 5.96. The van der Waals surface area contributed by atoms with E-state index >= 15 is 0 Å². The molecule has 0 saturated carbocycles. The number of rotatable bonds is 2. The number of likely N-dealkylation sites (N-methyl/N-ethyl adjacent to an activating group) is 1. The standard InChI is InChI=1S/C18H17N5O3/c1-23-8-7-18(26,17(23)25)6-5-11-3-2-4-12(9-11)16-21-10-13(19)14(22-16)15(20)24/h2-4,9-10,26H,7-8,19H2,1H3,(H2,20,24). The Morgan fingerprint density at radius 2 is 2.19 bits per heavy atom. The lowest BCUT2D eigenvalue weighted by Gasteiger charge is -2.13. The van der Waals surface area contributed by atoms with Crippen molar-refractivity contribution in [1.29, 1.82) is 0 Å². The van der Waals surface area contributed by atoms with Crippen molar-refractivity contribution in [2.24, 2.45) is 5.73 Å². The van der Waals surface area contributed by atoms with Gasteiger partial charge in [0.1, 0.15) is 0 Å². The minimum atomic E-state index is -1.67. The maximum absolute atomic E-state index is 12.0. The van der Waals surface area contributed by atoms with Gasteiger partial charge in [0.05, 0.1) is 11.9 Å². The minimum Gasteiger partial charge on any atom is -0.396 e. The number of hydrogen-bond donors (Lipinski definition) is 3. The number of carbonyl (C=O) groups excluding carboxylic acids is 2. The molecule has 0 spiro atoms. The molecule has 1 aliphatic rings. The number of anilines is 1. The first kappa shape index (κ1) is 17.4. The first-order valence-corrected chi connectivity index (χ1v) is 7.84. The average molecular weight is 351 g/mol. The van der Waals surface area contributed by atoms with E-state index in [0.717, 1.165) is 0 Å². The molecule has 0 bridgehead atoms. The number of primary amides is 1. The first-order chi connectivity index (χ1) is 12.3. The number of nitrogens with zero attached hydrogens (tertiary/aromatic N) is 3. The Morgan fingerprint density at radius 1 is 1.42 bits per heavy atom. The van der Waals surface area contributed by atoms with Crippen LogP contribution in [0.1, 0.15) is 22.5 Å². The Bertz CT molecular complexity index is 963. The third-order valence-corrected chi connectivity index (χ3v) is 4.09. The summed E-state index contributed by atoms with van der Waals surface area (Å²) in [5.74, 6) is 4.59. The zero-order valence-electron chi connectivity index (χ0n) is 14.1. The summed E-state index contributed by atoms with van der Waals surface area (Å²) in [4.78, 5) is 33.0. The molecule has 2 aromatic rings. The van der Waals surface area contributed by atoms with Crippen molar-refractivity contribution in [3.8, 4) is 23.2 Å². The summed E-state index contributed by atoms with van der Waals surface area (Å²) in [5, 5.41) is 10.4. The number of nitrogens with two attached hydrogens (primary N) is 2. The second-order valence-corrected chi connectivity index (χ2v) is 6.03. The second kappa shape index (κ2) is 6.46. The molecule has 3 rings (SSSR count). The number of carbonyl (C=O) groups is 2. The average Bonchev–Trinajstić information content (AvgIpc) is 2.88. The van der Waals surface area contributed by atoms with Crippen molar-refractivity contribution in [2.45, 2.75) is 12.0 Å². The van der Waals surface area contributed by atoms with Crippen LogP contribution in [0.3, 0.4) is 0 Å². The summed E-state index contributed by atoms with van der Waals surface area (Å²) in [7, 11) is 1.62. The summed E-state index contributed by atoms with van der Waals surface area (Å²) in [6.07, 6.45) is 1.58. The molecule has 26 heavy (non-hydrogen) atoms. The first-order valence-electron chi connectivity index (χ1n) is 7.84. The van der Waals surface area contributed by atoms with Gasteiger partial charge in [0, 0.05) is 31.1 Å². The number of aliphatic hydroxyl groups is 1. The van der Waals surface area contributed by atoms with Crippen molar-refractivity contribution in [3.63, 3.8) is 0 Å². The summed E-state index contributed by atoms with van der Waals surface area (Å²) in [5.41, 5.74) is 10.4.